The molecule has 0 saturated carbocycles. The average molecular weight is 354 g/mol. The second kappa shape index (κ2) is 9.34. The van der Waals surface area contributed by atoms with Crippen LogP contribution < -0.4 is 4.74 Å². The first-order chi connectivity index (χ1) is 12.8. The van der Waals surface area contributed by atoms with E-state index in [9.17, 15) is 4.79 Å². The van der Waals surface area contributed by atoms with Crippen molar-refractivity contribution in [3.05, 3.63) is 59.8 Å². The van der Waals surface area contributed by atoms with E-state index in [4.69, 9.17) is 9.47 Å². The Bertz CT molecular complexity index is 688. The number of carbonyl (C=O) groups excluding carboxylic acids is 1. The molecular formula is C21H26N2O3. The molecule has 0 N–H and O–H groups in total. The van der Waals surface area contributed by atoms with Crippen LogP contribution in [0, 0.1) is 5.92 Å². The van der Waals surface area contributed by atoms with Gasteiger partial charge in [-0.2, -0.15) is 0 Å². The van der Waals surface area contributed by atoms with Crippen molar-refractivity contribution in [3.63, 3.8) is 0 Å². The van der Waals surface area contributed by atoms with Crippen molar-refractivity contribution in [2.75, 3.05) is 26.3 Å². The number of aromatic nitrogens is 1. The van der Waals surface area contributed by atoms with Crippen LogP contribution in [0.1, 0.15) is 35.7 Å². The minimum Gasteiger partial charge on any atom is -0.473 e. The number of likely N-dealkylation sites (tertiary alicyclic amines) is 1. The second-order valence-corrected chi connectivity index (χ2v) is 6.58. The van der Waals surface area contributed by atoms with E-state index in [1.54, 1.807) is 18.3 Å². The van der Waals surface area contributed by atoms with Gasteiger partial charge in [-0.3, -0.25) is 4.79 Å². The maximum absolute atomic E-state index is 12.7. The van der Waals surface area contributed by atoms with Crippen LogP contribution in [-0.2, 0) is 11.3 Å². The lowest BCUT2D eigenvalue weighted by Crippen LogP contribution is -2.41. The molecular weight excluding hydrogens is 328 g/mol. The number of piperidine rings is 1. The number of hydrogen-bond donors (Lipinski definition) is 0. The van der Waals surface area contributed by atoms with E-state index < -0.39 is 0 Å². The molecule has 2 aromatic rings. The minimum absolute atomic E-state index is 0.0355. The highest BCUT2D eigenvalue weighted by atomic mass is 16.5. The van der Waals surface area contributed by atoms with Crippen LogP contribution in [0.25, 0.3) is 0 Å². The number of rotatable bonds is 7. The number of amides is 1. The molecule has 138 valence electrons. The summed E-state index contributed by atoms with van der Waals surface area (Å²) in [6.45, 7) is 5.47. The van der Waals surface area contributed by atoms with Crippen molar-refractivity contribution >= 4 is 5.91 Å². The summed E-state index contributed by atoms with van der Waals surface area (Å²) in [4.78, 5) is 18.9. The molecule has 5 nitrogen and oxygen atoms in total. The maximum atomic E-state index is 12.7. The van der Waals surface area contributed by atoms with Gasteiger partial charge in [0.1, 0.15) is 6.61 Å². The SMILES string of the molecule is CCOCC1CCCN(C(=O)c2ccc(OCc3ccccc3)nc2)C1. The van der Waals surface area contributed by atoms with E-state index >= 15 is 0 Å². The number of pyridine rings is 1. The molecule has 1 aliphatic heterocycles. The van der Waals surface area contributed by atoms with E-state index in [-0.39, 0.29) is 5.91 Å². The summed E-state index contributed by atoms with van der Waals surface area (Å²) < 4.78 is 11.2. The molecule has 1 saturated heterocycles. The van der Waals surface area contributed by atoms with Gasteiger partial charge in [0.15, 0.2) is 0 Å². The van der Waals surface area contributed by atoms with Gasteiger partial charge in [-0.25, -0.2) is 4.98 Å². The van der Waals surface area contributed by atoms with Gasteiger partial charge in [0, 0.05) is 32.0 Å². The van der Waals surface area contributed by atoms with Gasteiger partial charge in [0.05, 0.1) is 12.2 Å². The molecule has 5 heteroatoms. The van der Waals surface area contributed by atoms with Gasteiger partial charge in [-0.05, 0) is 37.3 Å². The fraction of sp³-hybridized carbons (Fsp3) is 0.429. The van der Waals surface area contributed by atoms with Gasteiger partial charge in [-0.15, -0.1) is 0 Å². The Kier molecular flexibility index (Phi) is 6.61. The molecule has 1 atom stereocenters. The molecule has 26 heavy (non-hydrogen) atoms. The molecule has 1 unspecified atom stereocenters. The Morgan fingerprint density at radius 3 is 2.81 bits per heavy atom. The summed E-state index contributed by atoms with van der Waals surface area (Å²) in [5.74, 6) is 0.987. The van der Waals surface area contributed by atoms with Gasteiger partial charge < -0.3 is 14.4 Å². The molecule has 0 spiro atoms. The first kappa shape index (κ1) is 18.4. The van der Waals surface area contributed by atoms with Crippen LogP contribution in [0.2, 0.25) is 0 Å². The highest BCUT2D eigenvalue weighted by Crippen LogP contribution is 2.19. The monoisotopic (exact) mass is 354 g/mol. The minimum atomic E-state index is 0.0355. The van der Waals surface area contributed by atoms with Crippen molar-refractivity contribution in [2.45, 2.75) is 26.4 Å². The smallest absolute Gasteiger partial charge is 0.255 e. The van der Waals surface area contributed by atoms with E-state index in [2.05, 4.69) is 4.98 Å². The van der Waals surface area contributed by atoms with E-state index in [1.807, 2.05) is 42.2 Å². The predicted octanol–water partition coefficient (Wildman–Crippen LogP) is 3.55. The van der Waals surface area contributed by atoms with Crippen molar-refractivity contribution in [1.82, 2.24) is 9.88 Å². The Hall–Kier alpha value is -2.40. The fourth-order valence-corrected chi connectivity index (χ4v) is 3.18. The molecule has 3 rings (SSSR count). The van der Waals surface area contributed by atoms with Crippen LogP contribution >= 0.6 is 0 Å². The number of nitrogens with zero attached hydrogens (tertiary/aromatic N) is 2. The third-order valence-electron chi connectivity index (χ3n) is 4.58. The highest BCUT2D eigenvalue weighted by Gasteiger charge is 2.24. The quantitative estimate of drug-likeness (QED) is 0.763. The molecule has 0 aliphatic carbocycles. The van der Waals surface area contributed by atoms with E-state index in [1.165, 1.54) is 0 Å². The normalized spacial score (nSPS) is 17.1. The third-order valence-corrected chi connectivity index (χ3v) is 4.58. The molecule has 2 heterocycles. The van der Waals surface area contributed by atoms with E-state index in [0.29, 0.717) is 24.0 Å². The number of benzene rings is 1. The highest BCUT2D eigenvalue weighted by molar-refractivity contribution is 5.94. The summed E-state index contributed by atoms with van der Waals surface area (Å²) in [5.41, 5.74) is 1.69. The molecule has 1 aliphatic rings. The zero-order valence-corrected chi connectivity index (χ0v) is 15.3. The van der Waals surface area contributed by atoms with Crippen LogP contribution in [0.4, 0.5) is 0 Å². The number of carbonyl (C=O) groups is 1. The lowest BCUT2D eigenvalue weighted by atomic mass is 9.98. The van der Waals surface area contributed by atoms with Gasteiger partial charge in [0.2, 0.25) is 5.88 Å². The predicted molar refractivity (Wildman–Crippen MR) is 100 cm³/mol. The van der Waals surface area contributed by atoms with Crippen LogP contribution in [0.15, 0.2) is 48.7 Å². The molecule has 0 bridgehead atoms. The summed E-state index contributed by atoms with van der Waals surface area (Å²) in [6, 6.07) is 13.5. The van der Waals surface area contributed by atoms with Gasteiger partial charge in [0.25, 0.3) is 5.91 Å². The standard InChI is InChI=1S/C21H26N2O3/c1-2-25-15-18-9-6-12-23(14-18)21(24)19-10-11-20(22-13-19)26-16-17-7-4-3-5-8-17/h3-5,7-8,10-11,13,18H,2,6,9,12,14-16H2,1H3. The van der Waals surface area contributed by atoms with Crippen LogP contribution in [0.3, 0.4) is 0 Å². The lowest BCUT2D eigenvalue weighted by Gasteiger charge is -2.32. The topological polar surface area (TPSA) is 51.7 Å². The van der Waals surface area contributed by atoms with Gasteiger partial charge in [-0.1, -0.05) is 30.3 Å². The third kappa shape index (κ3) is 5.05. The van der Waals surface area contributed by atoms with Crippen molar-refractivity contribution in [1.29, 1.82) is 0 Å². The maximum Gasteiger partial charge on any atom is 0.255 e. The Morgan fingerprint density at radius 1 is 1.23 bits per heavy atom. The number of ether oxygens (including phenoxy) is 2. The van der Waals surface area contributed by atoms with Crippen LogP contribution in [-0.4, -0.2) is 42.1 Å². The van der Waals surface area contributed by atoms with Crippen molar-refractivity contribution < 1.29 is 14.3 Å². The molecule has 0 radical (unpaired) electrons. The lowest BCUT2D eigenvalue weighted by molar-refractivity contribution is 0.0500. The Balaban J connectivity index is 1.54. The summed E-state index contributed by atoms with van der Waals surface area (Å²) in [7, 11) is 0. The average Bonchev–Trinajstić information content (AvgIpc) is 2.71. The van der Waals surface area contributed by atoms with Gasteiger partial charge >= 0.3 is 0 Å². The van der Waals surface area contributed by atoms with Crippen molar-refractivity contribution in [2.24, 2.45) is 5.92 Å². The largest absolute Gasteiger partial charge is 0.473 e. The summed E-state index contributed by atoms with van der Waals surface area (Å²) in [5, 5.41) is 0. The molecule has 1 fully saturated rings. The molecule has 1 aromatic carbocycles. The Labute approximate surface area is 155 Å². The van der Waals surface area contributed by atoms with Crippen LogP contribution in [0.5, 0.6) is 5.88 Å². The van der Waals surface area contributed by atoms with E-state index in [0.717, 1.165) is 44.7 Å². The van der Waals surface area contributed by atoms with Crippen molar-refractivity contribution in [3.8, 4) is 5.88 Å². The number of hydrogen-bond acceptors (Lipinski definition) is 4. The first-order valence-electron chi connectivity index (χ1n) is 9.26. The zero-order chi connectivity index (χ0) is 18.2. The molecule has 1 aromatic heterocycles. The summed E-state index contributed by atoms with van der Waals surface area (Å²) >= 11 is 0. The fourth-order valence-electron chi connectivity index (χ4n) is 3.18. The second-order valence-electron chi connectivity index (χ2n) is 6.58. The summed E-state index contributed by atoms with van der Waals surface area (Å²) in [6.07, 6.45) is 3.75. The Morgan fingerprint density at radius 2 is 2.08 bits per heavy atom. The first-order valence-corrected chi connectivity index (χ1v) is 9.26. The zero-order valence-electron chi connectivity index (χ0n) is 15.3. The molecule has 1 amide bonds.